The van der Waals surface area contributed by atoms with Crippen molar-refractivity contribution >= 4 is 15.9 Å². The van der Waals surface area contributed by atoms with E-state index in [2.05, 4.69) is 14.9 Å². The molecular weight excluding hydrogens is 433 g/mol. The molecule has 0 spiro atoms. The lowest BCUT2D eigenvalue weighted by molar-refractivity contribution is 0.0828. The number of aryl methyl sites for hydroxylation is 1. The van der Waals surface area contributed by atoms with Gasteiger partial charge >= 0.3 is 0 Å². The lowest BCUT2D eigenvalue weighted by Gasteiger charge is -2.18. The summed E-state index contributed by atoms with van der Waals surface area (Å²) in [6, 6.07) is 3.43. The highest BCUT2D eigenvalue weighted by Gasteiger charge is 2.35. The Morgan fingerprint density at radius 1 is 1.29 bits per heavy atom. The SMILES string of the molecule is Cc1cnc([C@@H]2CC(N3CC[C@H](NS(=O)(=O)CF)C3)=NO2)c(-c2c(F)cccc2F)c1. The number of aromatic nitrogens is 1. The van der Waals surface area contributed by atoms with Gasteiger partial charge in [0.25, 0.3) is 0 Å². The molecule has 1 N–H and O–H groups in total. The zero-order valence-electron chi connectivity index (χ0n) is 16.7. The Labute approximate surface area is 178 Å². The molecule has 0 saturated carbocycles. The molecule has 0 bridgehead atoms. The van der Waals surface area contributed by atoms with Crippen LogP contribution >= 0.6 is 0 Å². The van der Waals surface area contributed by atoms with Crippen molar-refractivity contribution in [1.29, 1.82) is 0 Å². The largest absolute Gasteiger partial charge is 0.384 e. The van der Waals surface area contributed by atoms with Gasteiger partial charge in [-0.25, -0.2) is 26.3 Å². The van der Waals surface area contributed by atoms with E-state index in [9.17, 15) is 21.6 Å². The number of alkyl halides is 1. The number of nitrogens with zero attached hydrogens (tertiary/aromatic N) is 3. The van der Waals surface area contributed by atoms with E-state index in [1.165, 1.54) is 18.2 Å². The highest BCUT2D eigenvalue weighted by Crippen LogP contribution is 2.37. The number of sulfonamides is 1. The highest BCUT2D eigenvalue weighted by molar-refractivity contribution is 7.89. The third kappa shape index (κ3) is 4.52. The molecule has 1 saturated heterocycles. The summed E-state index contributed by atoms with van der Waals surface area (Å²) >= 11 is 0. The van der Waals surface area contributed by atoms with Crippen LogP contribution in [0.15, 0.2) is 35.6 Å². The van der Waals surface area contributed by atoms with Gasteiger partial charge in [-0.15, -0.1) is 0 Å². The Kier molecular flexibility index (Phi) is 5.89. The highest BCUT2D eigenvalue weighted by atomic mass is 32.2. The van der Waals surface area contributed by atoms with Gasteiger partial charge in [0.1, 0.15) is 17.5 Å². The van der Waals surface area contributed by atoms with Crippen molar-refractivity contribution in [2.75, 3.05) is 19.1 Å². The monoisotopic (exact) mass is 454 g/mol. The van der Waals surface area contributed by atoms with Crippen LogP contribution in [0.3, 0.4) is 0 Å². The number of hydrogen-bond acceptors (Lipinski definition) is 6. The lowest BCUT2D eigenvalue weighted by Crippen LogP contribution is -2.38. The van der Waals surface area contributed by atoms with Crippen molar-refractivity contribution in [3.8, 4) is 11.1 Å². The zero-order chi connectivity index (χ0) is 22.2. The number of nitrogens with one attached hydrogen (secondary N) is 1. The molecular formula is C20H21F3N4O3S. The Morgan fingerprint density at radius 3 is 2.74 bits per heavy atom. The van der Waals surface area contributed by atoms with E-state index in [0.29, 0.717) is 43.0 Å². The standard InChI is InChI=1S/C20H21F3N4O3S/c1-12-7-14(19-15(22)3-2-4-16(19)23)20(24-9-12)17-8-18(25-30-17)27-6-5-13(10-27)26-31(28,29)11-21/h2-4,7,9,13,17,26H,5-6,8,10-11H2,1H3/t13-,17-/m0/s1. The number of amidine groups is 1. The molecule has 3 heterocycles. The van der Waals surface area contributed by atoms with Crippen molar-refractivity contribution in [2.45, 2.75) is 31.9 Å². The first kappa shape index (κ1) is 21.6. The minimum atomic E-state index is -3.95. The van der Waals surface area contributed by atoms with E-state index in [1.54, 1.807) is 19.2 Å². The maximum absolute atomic E-state index is 14.4. The van der Waals surface area contributed by atoms with Crippen molar-refractivity contribution < 1.29 is 26.4 Å². The van der Waals surface area contributed by atoms with Crippen LogP contribution in [0.25, 0.3) is 11.1 Å². The Bertz CT molecular complexity index is 1110. The van der Waals surface area contributed by atoms with Gasteiger partial charge in [-0.1, -0.05) is 11.2 Å². The van der Waals surface area contributed by atoms with Gasteiger partial charge in [0.2, 0.25) is 16.0 Å². The molecule has 166 valence electrons. The van der Waals surface area contributed by atoms with Crippen LogP contribution in [-0.2, 0) is 14.9 Å². The summed E-state index contributed by atoms with van der Waals surface area (Å²) in [6.07, 6.45) is 1.75. The minimum absolute atomic E-state index is 0.174. The first-order valence-electron chi connectivity index (χ1n) is 9.72. The molecule has 1 fully saturated rings. The lowest BCUT2D eigenvalue weighted by atomic mass is 9.97. The van der Waals surface area contributed by atoms with Gasteiger partial charge < -0.3 is 9.74 Å². The van der Waals surface area contributed by atoms with E-state index < -0.39 is 39.8 Å². The van der Waals surface area contributed by atoms with Gasteiger partial charge in [0.15, 0.2) is 6.10 Å². The molecule has 4 rings (SSSR count). The van der Waals surface area contributed by atoms with Crippen LogP contribution < -0.4 is 4.72 Å². The fourth-order valence-electron chi connectivity index (χ4n) is 3.87. The van der Waals surface area contributed by atoms with Crippen molar-refractivity contribution in [1.82, 2.24) is 14.6 Å². The van der Waals surface area contributed by atoms with Crippen LogP contribution in [-0.4, -0.2) is 49.3 Å². The summed E-state index contributed by atoms with van der Waals surface area (Å²) in [7, 11) is -3.95. The van der Waals surface area contributed by atoms with Crippen LogP contribution in [0, 0.1) is 18.6 Å². The molecule has 1 aromatic heterocycles. The Hall–Kier alpha value is -2.66. The number of benzene rings is 1. The zero-order valence-corrected chi connectivity index (χ0v) is 17.5. The maximum atomic E-state index is 14.4. The van der Waals surface area contributed by atoms with Crippen LogP contribution in [0.1, 0.15) is 30.2 Å². The van der Waals surface area contributed by atoms with Crippen molar-refractivity contribution in [3.05, 3.63) is 53.4 Å². The van der Waals surface area contributed by atoms with Crippen molar-refractivity contribution in [3.63, 3.8) is 0 Å². The second-order valence-electron chi connectivity index (χ2n) is 7.62. The van der Waals surface area contributed by atoms with Gasteiger partial charge in [0.05, 0.1) is 17.7 Å². The first-order valence-corrected chi connectivity index (χ1v) is 11.4. The first-order chi connectivity index (χ1) is 14.8. The molecule has 2 aliphatic rings. The normalized spacial score (nSPS) is 21.3. The molecule has 2 aliphatic heterocycles. The van der Waals surface area contributed by atoms with E-state index in [0.717, 1.165) is 5.56 Å². The maximum Gasteiger partial charge on any atom is 0.241 e. The van der Waals surface area contributed by atoms with Crippen LogP contribution in [0.5, 0.6) is 0 Å². The van der Waals surface area contributed by atoms with E-state index in [4.69, 9.17) is 4.84 Å². The Morgan fingerprint density at radius 2 is 2.03 bits per heavy atom. The second kappa shape index (κ2) is 8.46. The quantitative estimate of drug-likeness (QED) is 0.751. The summed E-state index contributed by atoms with van der Waals surface area (Å²) in [5.41, 5.74) is 1.23. The molecule has 0 unspecified atom stereocenters. The molecule has 7 nitrogen and oxygen atoms in total. The van der Waals surface area contributed by atoms with E-state index in [1.807, 2.05) is 4.90 Å². The number of rotatable bonds is 5. The van der Waals surface area contributed by atoms with Gasteiger partial charge in [-0.05, 0) is 37.1 Å². The number of likely N-dealkylation sites (tertiary alicyclic amines) is 1. The predicted molar refractivity (Wildman–Crippen MR) is 108 cm³/mol. The summed E-state index contributed by atoms with van der Waals surface area (Å²) in [5.74, 6) is -0.820. The number of halogens is 3. The summed E-state index contributed by atoms with van der Waals surface area (Å²) in [6.45, 7) is 2.62. The van der Waals surface area contributed by atoms with Gasteiger partial charge in [-0.3, -0.25) is 4.98 Å². The number of pyridine rings is 1. The predicted octanol–water partition coefficient (Wildman–Crippen LogP) is 3.03. The summed E-state index contributed by atoms with van der Waals surface area (Å²) in [4.78, 5) is 11.8. The molecule has 1 aromatic carbocycles. The van der Waals surface area contributed by atoms with Crippen LogP contribution in [0.4, 0.5) is 13.2 Å². The average molecular weight is 454 g/mol. The van der Waals surface area contributed by atoms with Gasteiger partial charge in [0, 0.05) is 30.9 Å². The molecule has 0 radical (unpaired) electrons. The fourth-order valence-corrected chi connectivity index (χ4v) is 4.63. The van der Waals surface area contributed by atoms with Gasteiger partial charge in [-0.2, -0.15) is 0 Å². The Balaban J connectivity index is 1.53. The summed E-state index contributed by atoms with van der Waals surface area (Å²) < 4.78 is 66.6. The molecule has 0 amide bonds. The topological polar surface area (TPSA) is 83.9 Å². The fraction of sp³-hybridized carbons (Fsp3) is 0.400. The third-order valence-corrected chi connectivity index (χ3v) is 6.27. The van der Waals surface area contributed by atoms with Crippen LogP contribution in [0.2, 0.25) is 0 Å². The van der Waals surface area contributed by atoms with E-state index in [-0.39, 0.29) is 5.56 Å². The minimum Gasteiger partial charge on any atom is -0.384 e. The summed E-state index contributed by atoms with van der Waals surface area (Å²) in [5, 5.41) is 4.09. The second-order valence-corrected chi connectivity index (χ2v) is 9.30. The molecule has 2 aromatic rings. The number of hydrogen-bond donors (Lipinski definition) is 1. The van der Waals surface area contributed by atoms with Crippen molar-refractivity contribution in [2.24, 2.45) is 5.16 Å². The smallest absolute Gasteiger partial charge is 0.241 e. The molecule has 31 heavy (non-hydrogen) atoms. The molecule has 0 aliphatic carbocycles. The molecule has 2 atom stereocenters. The average Bonchev–Trinajstić information content (AvgIpc) is 3.37. The molecule has 11 heteroatoms. The van der Waals surface area contributed by atoms with E-state index >= 15 is 0 Å². The third-order valence-electron chi connectivity index (χ3n) is 5.29. The number of oxime groups is 1.